The molecule has 0 saturated heterocycles. The molecule has 0 spiro atoms. The second kappa shape index (κ2) is 7.65. The van der Waals surface area contributed by atoms with Gasteiger partial charge in [0.05, 0.1) is 0 Å². The lowest BCUT2D eigenvalue weighted by Gasteiger charge is -2.46. The van der Waals surface area contributed by atoms with Crippen molar-refractivity contribution in [2.75, 3.05) is 6.54 Å². The third kappa shape index (κ3) is 3.37. The molecule has 156 valence electrons. The summed E-state index contributed by atoms with van der Waals surface area (Å²) in [6.07, 6.45) is 3.35. The van der Waals surface area contributed by atoms with Gasteiger partial charge in [-0.2, -0.15) is 0 Å². The molecule has 2 bridgehead atoms. The van der Waals surface area contributed by atoms with Gasteiger partial charge < -0.3 is 10.6 Å². The number of rotatable bonds is 6. The first-order valence-electron chi connectivity index (χ1n) is 11.6. The van der Waals surface area contributed by atoms with E-state index in [0.717, 1.165) is 31.4 Å². The number of benzene rings is 3. The maximum atomic E-state index is 13.0. The third-order valence-electron chi connectivity index (χ3n) is 7.33. The summed E-state index contributed by atoms with van der Waals surface area (Å²) >= 11 is 0. The SMILES string of the molecule is O=C(NC1CC1)[C@H](NC[C@@H]1CC2c3ccccc3C1c1ccccc12)c1ccccc1. The lowest BCUT2D eigenvalue weighted by molar-refractivity contribution is -0.123. The van der Waals surface area contributed by atoms with E-state index in [4.69, 9.17) is 0 Å². The average molecular weight is 409 g/mol. The maximum Gasteiger partial charge on any atom is 0.241 e. The fourth-order valence-electron chi connectivity index (χ4n) is 5.75. The molecule has 0 aromatic heterocycles. The molecular weight excluding hydrogens is 380 g/mol. The van der Waals surface area contributed by atoms with E-state index in [1.54, 1.807) is 0 Å². The van der Waals surface area contributed by atoms with Crippen molar-refractivity contribution in [2.45, 2.75) is 43.2 Å². The van der Waals surface area contributed by atoms with Crippen molar-refractivity contribution in [3.63, 3.8) is 0 Å². The summed E-state index contributed by atoms with van der Waals surface area (Å²) in [7, 11) is 0. The van der Waals surface area contributed by atoms with Crippen LogP contribution in [-0.2, 0) is 4.79 Å². The summed E-state index contributed by atoms with van der Waals surface area (Å²) in [5, 5.41) is 6.88. The summed E-state index contributed by atoms with van der Waals surface area (Å²) in [6, 6.07) is 28.1. The minimum absolute atomic E-state index is 0.107. The normalized spacial score (nSPS) is 24.2. The molecule has 3 nitrogen and oxygen atoms in total. The number of carbonyl (C=O) groups is 1. The van der Waals surface area contributed by atoms with Gasteiger partial charge in [0.15, 0.2) is 0 Å². The van der Waals surface area contributed by atoms with Crippen LogP contribution in [0.5, 0.6) is 0 Å². The van der Waals surface area contributed by atoms with Crippen LogP contribution in [0.25, 0.3) is 0 Å². The Morgan fingerprint density at radius 1 is 0.806 bits per heavy atom. The van der Waals surface area contributed by atoms with Crippen LogP contribution < -0.4 is 10.6 Å². The number of nitrogens with one attached hydrogen (secondary N) is 2. The molecule has 3 aromatic carbocycles. The van der Waals surface area contributed by atoms with Gasteiger partial charge in [-0.3, -0.25) is 4.79 Å². The highest BCUT2D eigenvalue weighted by Crippen LogP contribution is 2.55. The van der Waals surface area contributed by atoms with Gasteiger partial charge in [0.2, 0.25) is 5.91 Å². The smallest absolute Gasteiger partial charge is 0.241 e. The van der Waals surface area contributed by atoms with Crippen LogP contribution in [0.4, 0.5) is 0 Å². The van der Waals surface area contributed by atoms with Crippen molar-refractivity contribution in [3.05, 3.63) is 107 Å². The van der Waals surface area contributed by atoms with Crippen LogP contribution >= 0.6 is 0 Å². The Morgan fingerprint density at radius 2 is 1.39 bits per heavy atom. The van der Waals surface area contributed by atoms with Crippen molar-refractivity contribution in [3.8, 4) is 0 Å². The highest BCUT2D eigenvalue weighted by molar-refractivity contribution is 5.83. The molecule has 31 heavy (non-hydrogen) atoms. The molecule has 7 rings (SSSR count). The predicted octanol–water partition coefficient (Wildman–Crippen LogP) is 4.89. The fourth-order valence-corrected chi connectivity index (χ4v) is 5.75. The van der Waals surface area contributed by atoms with E-state index in [0.29, 0.717) is 23.8 Å². The van der Waals surface area contributed by atoms with Gasteiger partial charge in [0.1, 0.15) is 6.04 Å². The molecule has 2 N–H and O–H groups in total. The van der Waals surface area contributed by atoms with Gasteiger partial charge in [0, 0.05) is 17.9 Å². The molecular formula is C28H28N2O. The molecule has 1 fully saturated rings. The van der Waals surface area contributed by atoms with E-state index in [1.807, 2.05) is 18.2 Å². The summed E-state index contributed by atoms with van der Waals surface area (Å²) < 4.78 is 0. The zero-order valence-corrected chi connectivity index (χ0v) is 17.6. The molecule has 0 unspecified atom stereocenters. The molecule has 4 aliphatic carbocycles. The topological polar surface area (TPSA) is 41.1 Å². The van der Waals surface area contributed by atoms with Gasteiger partial charge >= 0.3 is 0 Å². The quantitative estimate of drug-likeness (QED) is 0.610. The second-order valence-electron chi connectivity index (χ2n) is 9.32. The number of hydrogen-bond donors (Lipinski definition) is 2. The van der Waals surface area contributed by atoms with Crippen LogP contribution in [0.3, 0.4) is 0 Å². The van der Waals surface area contributed by atoms with Crippen LogP contribution in [0.15, 0.2) is 78.9 Å². The van der Waals surface area contributed by atoms with E-state index in [-0.39, 0.29) is 11.9 Å². The molecule has 2 atom stereocenters. The Morgan fingerprint density at radius 3 is 2.00 bits per heavy atom. The Labute approximate surface area is 183 Å². The van der Waals surface area contributed by atoms with E-state index in [2.05, 4.69) is 71.3 Å². The van der Waals surface area contributed by atoms with E-state index >= 15 is 0 Å². The van der Waals surface area contributed by atoms with Gasteiger partial charge in [0.25, 0.3) is 0 Å². The zero-order chi connectivity index (χ0) is 20.8. The summed E-state index contributed by atoms with van der Waals surface area (Å²) in [6.45, 7) is 0.835. The standard InChI is InChI=1S/C28H28N2O/c31-28(30-20-14-15-20)27(18-8-2-1-3-9-18)29-17-19-16-25-21-10-4-6-12-23(21)26(19)24-13-7-5-11-22(24)25/h1-13,19-20,25-27,29H,14-17H2,(H,30,31)/t19-,25?,26?,27+/m0/s1. The molecule has 0 radical (unpaired) electrons. The van der Waals surface area contributed by atoms with Crippen LogP contribution in [0.2, 0.25) is 0 Å². The molecule has 4 aliphatic rings. The molecule has 1 saturated carbocycles. The minimum Gasteiger partial charge on any atom is -0.352 e. The van der Waals surface area contributed by atoms with Gasteiger partial charge in [-0.1, -0.05) is 78.9 Å². The summed E-state index contributed by atoms with van der Waals surface area (Å²) in [4.78, 5) is 13.0. The van der Waals surface area contributed by atoms with Crippen molar-refractivity contribution in [1.29, 1.82) is 0 Å². The largest absolute Gasteiger partial charge is 0.352 e. The van der Waals surface area contributed by atoms with Gasteiger partial charge in [-0.25, -0.2) is 0 Å². The Balaban J connectivity index is 1.28. The predicted molar refractivity (Wildman–Crippen MR) is 123 cm³/mol. The zero-order valence-electron chi connectivity index (χ0n) is 17.6. The van der Waals surface area contributed by atoms with Crippen molar-refractivity contribution in [1.82, 2.24) is 10.6 Å². The monoisotopic (exact) mass is 408 g/mol. The minimum atomic E-state index is -0.298. The van der Waals surface area contributed by atoms with Gasteiger partial charge in [-0.05, 0) is 59.5 Å². The molecule has 3 aromatic rings. The van der Waals surface area contributed by atoms with E-state index in [9.17, 15) is 4.79 Å². The highest BCUT2D eigenvalue weighted by Gasteiger charge is 2.43. The molecule has 0 heterocycles. The summed E-state index contributed by atoms with van der Waals surface area (Å²) in [5.74, 6) is 1.44. The first-order valence-corrected chi connectivity index (χ1v) is 11.6. The number of amides is 1. The first-order chi connectivity index (χ1) is 15.3. The van der Waals surface area contributed by atoms with Crippen molar-refractivity contribution in [2.24, 2.45) is 5.92 Å². The fraction of sp³-hybridized carbons (Fsp3) is 0.321. The lowest BCUT2D eigenvalue weighted by Crippen LogP contribution is -2.43. The first kappa shape index (κ1) is 18.8. The second-order valence-corrected chi connectivity index (χ2v) is 9.32. The van der Waals surface area contributed by atoms with E-state index < -0.39 is 0 Å². The summed E-state index contributed by atoms with van der Waals surface area (Å²) in [5.41, 5.74) is 6.98. The highest BCUT2D eigenvalue weighted by atomic mass is 16.2. The number of carbonyl (C=O) groups excluding carboxylic acids is 1. The molecule has 0 aliphatic heterocycles. The average Bonchev–Trinajstić information content (AvgIpc) is 3.64. The number of hydrogen-bond acceptors (Lipinski definition) is 2. The van der Waals surface area contributed by atoms with Crippen molar-refractivity contribution < 1.29 is 4.79 Å². The van der Waals surface area contributed by atoms with E-state index in [1.165, 1.54) is 22.3 Å². The van der Waals surface area contributed by atoms with Crippen molar-refractivity contribution >= 4 is 5.91 Å². The van der Waals surface area contributed by atoms with Gasteiger partial charge in [-0.15, -0.1) is 0 Å². The lowest BCUT2D eigenvalue weighted by atomic mass is 9.59. The van der Waals surface area contributed by atoms with Crippen LogP contribution in [0, 0.1) is 5.92 Å². The Hall–Kier alpha value is -2.91. The molecule has 1 amide bonds. The Bertz CT molecular complexity index is 1060. The number of fused-ring (bicyclic) bond motifs is 1. The molecule has 3 heteroatoms. The van der Waals surface area contributed by atoms with Crippen LogP contribution in [-0.4, -0.2) is 18.5 Å². The Kier molecular flexibility index (Phi) is 4.65. The third-order valence-corrected chi connectivity index (χ3v) is 7.33. The van der Waals surface area contributed by atoms with Crippen LogP contribution in [0.1, 0.15) is 65.0 Å². The maximum absolute atomic E-state index is 13.0.